The molecule has 0 saturated carbocycles. The third-order valence-corrected chi connectivity index (χ3v) is 4.37. The molecule has 0 unspecified atom stereocenters. The molecule has 0 bridgehead atoms. The minimum atomic E-state index is 0.0571. The van der Waals surface area contributed by atoms with Crippen molar-refractivity contribution in [3.8, 4) is 12.3 Å². The fourth-order valence-electron chi connectivity index (χ4n) is 3.37. The minimum Gasteiger partial charge on any atom is -0.337 e. The molecule has 3 rings (SSSR count). The molecule has 1 aromatic rings. The molecule has 2 atom stereocenters. The van der Waals surface area contributed by atoms with Gasteiger partial charge >= 0.3 is 0 Å². The van der Waals surface area contributed by atoms with Crippen molar-refractivity contribution in [1.82, 2.24) is 9.80 Å². The zero-order chi connectivity index (χ0) is 13.9. The van der Waals surface area contributed by atoms with E-state index in [1.54, 1.807) is 0 Å². The lowest BCUT2D eigenvalue weighted by atomic mass is 10.0. The third-order valence-electron chi connectivity index (χ3n) is 4.37. The molecule has 3 nitrogen and oxygen atoms in total. The number of fused-ring (bicyclic) bond motifs is 1. The Morgan fingerprint density at radius 2 is 2.05 bits per heavy atom. The molecule has 104 valence electrons. The molecule has 0 radical (unpaired) electrons. The summed E-state index contributed by atoms with van der Waals surface area (Å²) in [4.78, 5) is 16.7. The van der Waals surface area contributed by atoms with Gasteiger partial charge in [-0.1, -0.05) is 30.3 Å². The highest BCUT2D eigenvalue weighted by Gasteiger charge is 2.41. The predicted octanol–water partition coefficient (Wildman–Crippen LogP) is 1.74. The Kier molecular flexibility index (Phi) is 3.75. The van der Waals surface area contributed by atoms with Gasteiger partial charge < -0.3 is 4.90 Å². The van der Waals surface area contributed by atoms with E-state index in [2.05, 4.69) is 35.1 Å². The van der Waals surface area contributed by atoms with E-state index in [1.165, 1.54) is 5.56 Å². The van der Waals surface area contributed by atoms with Gasteiger partial charge in [0.25, 0.3) is 0 Å². The predicted molar refractivity (Wildman–Crippen MR) is 78.8 cm³/mol. The average molecular weight is 268 g/mol. The number of piperazine rings is 1. The molecule has 2 heterocycles. The highest BCUT2D eigenvalue weighted by atomic mass is 16.2. The molecule has 0 N–H and O–H groups in total. The largest absolute Gasteiger partial charge is 0.337 e. The first-order valence-corrected chi connectivity index (χ1v) is 7.28. The molecule has 0 aliphatic carbocycles. The Morgan fingerprint density at radius 1 is 1.25 bits per heavy atom. The number of terminal acetylenes is 1. The Bertz CT molecular complexity index is 520. The van der Waals surface area contributed by atoms with Crippen LogP contribution in [0.25, 0.3) is 0 Å². The number of hydrogen-bond donors (Lipinski definition) is 0. The SMILES string of the molecule is C#CC[C@H]1C[C@H]2CN(Cc3ccccc3)CCN2C1=O. The second-order valence-electron chi connectivity index (χ2n) is 5.75. The first-order valence-electron chi connectivity index (χ1n) is 7.28. The molecule has 1 amide bonds. The molecule has 2 fully saturated rings. The van der Waals surface area contributed by atoms with Crippen LogP contribution in [0.3, 0.4) is 0 Å². The Balaban J connectivity index is 1.62. The molecule has 0 spiro atoms. The number of amides is 1. The average Bonchev–Trinajstić information content (AvgIpc) is 2.77. The number of carbonyl (C=O) groups excluding carboxylic acids is 1. The molecule has 20 heavy (non-hydrogen) atoms. The van der Waals surface area contributed by atoms with E-state index < -0.39 is 0 Å². The molecular weight excluding hydrogens is 248 g/mol. The summed E-state index contributed by atoms with van der Waals surface area (Å²) in [6.45, 7) is 3.75. The van der Waals surface area contributed by atoms with E-state index in [0.717, 1.165) is 32.6 Å². The van der Waals surface area contributed by atoms with Crippen LogP contribution in [-0.2, 0) is 11.3 Å². The number of hydrogen-bond acceptors (Lipinski definition) is 2. The highest BCUT2D eigenvalue weighted by Crippen LogP contribution is 2.30. The van der Waals surface area contributed by atoms with Crippen LogP contribution in [-0.4, -0.2) is 41.4 Å². The standard InChI is InChI=1S/C17H20N2O/c1-2-6-15-11-16-13-18(9-10-19(16)17(15)20)12-14-7-4-3-5-8-14/h1,3-5,7-8,15-16H,6,9-13H2/t15-,16-/m0/s1. The summed E-state index contributed by atoms with van der Waals surface area (Å²) in [5, 5.41) is 0. The van der Waals surface area contributed by atoms with E-state index >= 15 is 0 Å². The summed E-state index contributed by atoms with van der Waals surface area (Å²) in [6, 6.07) is 10.9. The molecule has 3 heteroatoms. The van der Waals surface area contributed by atoms with Crippen molar-refractivity contribution in [2.75, 3.05) is 19.6 Å². The van der Waals surface area contributed by atoms with Crippen LogP contribution in [0.2, 0.25) is 0 Å². The van der Waals surface area contributed by atoms with Gasteiger partial charge in [-0.2, -0.15) is 0 Å². The van der Waals surface area contributed by atoms with E-state index in [0.29, 0.717) is 12.5 Å². The fraction of sp³-hybridized carbons (Fsp3) is 0.471. The molecule has 2 aliphatic rings. The fourth-order valence-corrected chi connectivity index (χ4v) is 3.37. The smallest absolute Gasteiger partial charge is 0.227 e. The summed E-state index contributed by atoms with van der Waals surface area (Å²) in [5.74, 6) is 2.97. The second kappa shape index (κ2) is 5.68. The lowest BCUT2D eigenvalue weighted by Crippen LogP contribution is -2.51. The van der Waals surface area contributed by atoms with E-state index in [4.69, 9.17) is 6.42 Å². The molecule has 0 aromatic heterocycles. The van der Waals surface area contributed by atoms with E-state index in [-0.39, 0.29) is 11.8 Å². The Labute approximate surface area is 120 Å². The van der Waals surface area contributed by atoms with Gasteiger partial charge in [-0.05, 0) is 12.0 Å². The topological polar surface area (TPSA) is 23.6 Å². The maximum Gasteiger partial charge on any atom is 0.227 e. The van der Waals surface area contributed by atoms with Crippen molar-refractivity contribution in [2.24, 2.45) is 5.92 Å². The summed E-state index contributed by atoms with van der Waals surface area (Å²) >= 11 is 0. The van der Waals surface area contributed by atoms with Crippen molar-refractivity contribution in [3.05, 3.63) is 35.9 Å². The van der Waals surface area contributed by atoms with Crippen molar-refractivity contribution < 1.29 is 4.79 Å². The van der Waals surface area contributed by atoms with Crippen LogP contribution in [0.15, 0.2) is 30.3 Å². The minimum absolute atomic E-state index is 0.0571. The van der Waals surface area contributed by atoms with E-state index in [9.17, 15) is 4.79 Å². The van der Waals surface area contributed by atoms with Gasteiger partial charge in [0, 0.05) is 38.6 Å². The van der Waals surface area contributed by atoms with Crippen molar-refractivity contribution in [1.29, 1.82) is 0 Å². The zero-order valence-corrected chi connectivity index (χ0v) is 11.7. The summed E-state index contributed by atoms with van der Waals surface area (Å²) in [7, 11) is 0. The lowest BCUT2D eigenvalue weighted by Gasteiger charge is -2.37. The van der Waals surface area contributed by atoms with Crippen LogP contribution in [0.4, 0.5) is 0 Å². The third kappa shape index (κ3) is 2.57. The quantitative estimate of drug-likeness (QED) is 0.780. The highest BCUT2D eigenvalue weighted by molar-refractivity contribution is 5.82. The summed E-state index contributed by atoms with van der Waals surface area (Å²) < 4.78 is 0. The van der Waals surface area contributed by atoms with Crippen LogP contribution in [0.5, 0.6) is 0 Å². The lowest BCUT2D eigenvalue weighted by molar-refractivity contribution is -0.133. The Hall–Kier alpha value is -1.79. The molecule has 1 aromatic carbocycles. The number of benzene rings is 1. The maximum atomic E-state index is 12.2. The molecular formula is C17H20N2O. The Morgan fingerprint density at radius 3 is 2.80 bits per heavy atom. The van der Waals surface area contributed by atoms with Crippen LogP contribution >= 0.6 is 0 Å². The van der Waals surface area contributed by atoms with Gasteiger partial charge in [-0.25, -0.2) is 0 Å². The maximum absolute atomic E-state index is 12.2. The van der Waals surface area contributed by atoms with E-state index in [1.807, 2.05) is 11.0 Å². The normalized spacial score (nSPS) is 26.4. The van der Waals surface area contributed by atoms with Gasteiger partial charge in [0.1, 0.15) is 0 Å². The van der Waals surface area contributed by atoms with Gasteiger partial charge in [0.15, 0.2) is 0 Å². The van der Waals surface area contributed by atoms with Crippen molar-refractivity contribution in [3.63, 3.8) is 0 Å². The molecule has 2 aliphatic heterocycles. The van der Waals surface area contributed by atoms with Gasteiger partial charge in [-0.3, -0.25) is 9.69 Å². The molecule has 2 saturated heterocycles. The zero-order valence-electron chi connectivity index (χ0n) is 11.7. The number of carbonyl (C=O) groups is 1. The first-order chi connectivity index (χ1) is 9.78. The monoisotopic (exact) mass is 268 g/mol. The van der Waals surface area contributed by atoms with Gasteiger partial charge in [0.2, 0.25) is 5.91 Å². The first kappa shape index (κ1) is 13.2. The second-order valence-corrected chi connectivity index (χ2v) is 5.75. The van der Waals surface area contributed by atoms with Crippen LogP contribution in [0.1, 0.15) is 18.4 Å². The van der Waals surface area contributed by atoms with Crippen molar-refractivity contribution in [2.45, 2.75) is 25.4 Å². The number of rotatable bonds is 3. The number of nitrogens with zero attached hydrogens (tertiary/aromatic N) is 2. The van der Waals surface area contributed by atoms with Crippen LogP contribution in [0, 0.1) is 18.3 Å². The summed E-state index contributed by atoms with van der Waals surface area (Å²) in [5.41, 5.74) is 1.34. The van der Waals surface area contributed by atoms with Crippen molar-refractivity contribution >= 4 is 5.91 Å². The van der Waals surface area contributed by atoms with Crippen LogP contribution < -0.4 is 0 Å². The van der Waals surface area contributed by atoms with Gasteiger partial charge in [-0.15, -0.1) is 12.3 Å². The summed E-state index contributed by atoms with van der Waals surface area (Å²) in [6.07, 6.45) is 6.87. The van der Waals surface area contributed by atoms with Gasteiger partial charge in [0.05, 0.1) is 5.92 Å².